The molecule has 9 nitrogen and oxygen atoms in total. The van der Waals surface area contributed by atoms with Crippen LogP contribution in [0.4, 0.5) is 11.8 Å². The van der Waals surface area contributed by atoms with E-state index in [1.54, 1.807) is 6.92 Å². The van der Waals surface area contributed by atoms with E-state index in [0.29, 0.717) is 17.8 Å². The van der Waals surface area contributed by atoms with Crippen LogP contribution >= 0.6 is 0 Å². The Morgan fingerprint density at radius 2 is 2.20 bits per heavy atom. The summed E-state index contributed by atoms with van der Waals surface area (Å²) < 4.78 is 6.34. The molecular formula is C11H14N6O3. The van der Waals surface area contributed by atoms with Crippen molar-refractivity contribution in [2.75, 3.05) is 17.7 Å². The number of esters is 1. The van der Waals surface area contributed by atoms with Crippen LogP contribution in [0.25, 0.3) is 11.2 Å². The van der Waals surface area contributed by atoms with Crippen LogP contribution in [0.15, 0.2) is 6.33 Å². The van der Waals surface area contributed by atoms with Gasteiger partial charge in [0.15, 0.2) is 17.0 Å². The summed E-state index contributed by atoms with van der Waals surface area (Å²) in [5.41, 5.74) is 6.30. The highest BCUT2D eigenvalue weighted by Crippen LogP contribution is 2.19. The lowest BCUT2D eigenvalue weighted by Crippen LogP contribution is -2.14. The van der Waals surface area contributed by atoms with Crippen molar-refractivity contribution >= 4 is 34.8 Å². The number of imidazole rings is 1. The molecule has 0 spiro atoms. The Bertz CT molecular complexity index is 665. The predicted molar refractivity (Wildman–Crippen MR) is 70.7 cm³/mol. The molecule has 0 unspecified atom stereocenters. The van der Waals surface area contributed by atoms with Gasteiger partial charge in [0.25, 0.3) is 0 Å². The SMILES string of the molecule is CCOC(=O)Cn1cnc2c(NC(C)=O)nc(N)nc21. The molecule has 0 atom stereocenters. The van der Waals surface area contributed by atoms with Gasteiger partial charge in [-0.25, -0.2) is 4.98 Å². The first-order chi connectivity index (χ1) is 9.51. The van der Waals surface area contributed by atoms with Crippen molar-refractivity contribution in [1.29, 1.82) is 0 Å². The Hall–Kier alpha value is -2.71. The van der Waals surface area contributed by atoms with Gasteiger partial charge in [-0.2, -0.15) is 9.97 Å². The number of amides is 1. The average molecular weight is 278 g/mol. The van der Waals surface area contributed by atoms with E-state index in [1.807, 2.05) is 0 Å². The molecule has 0 bridgehead atoms. The van der Waals surface area contributed by atoms with Gasteiger partial charge in [-0.1, -0.05) is 0 Å². The number of nitrogens with one attached hydrogen (secondary N) is 1. The van der Waals surface area contributed by atoms with Crippen LogP contribution < -0.4 is 11.1 Å². The number of carbonyl (C=O) groups is 2. The summed E-state index contributed by atoms with van der Waals surface area (Å²) in [7, 11) is 0. The molecule has 20 heavy (non-hydrogen) atoms. The maximum Gasteiger partial charge on any atom is 0.326 e. The molecule has 9 heteroatoms. The second-order valence-corrected chi connectivity index (χ2v) is 3.96. The molecule has 0 saturated heterocycles. The number of carbonyl (C=O) groups excluding carboxylic acids is 2. The highest BCUT2D eigenvalue weighted by molar-refractivity contribution is 5.96. The second-order valence-electron chi connectivity index (χ2n) is 3.96. The Kier molecular flexibility index (Phi) is 3.78. The fourth-order valence-corrected chi connectivity index (χ4v) is 1.68. The molecule has 0 radical (unpaired) electrons. The van der Waals surface area contributed by atoms with Gasteiger partial charge in [0, 0.05) is 6.92 Å². The van der Waals surface area contributed by atoms with Gasteiger partial charge in [-0.05, 0) is 6.92 Å². The van der Waals surface area contributed by atoms with Crippen molar-refractivity contribution in [1.82, 2.24) is 19.5 Å². The van der Waals surface area contributed by atoms with E-state index in [4.69, 9.17) is 10.5 Å². The smallest absolute Gasteiger partial charge is 0.326 e. The zero-order valence-electron chi connectivity index (χ0n) is 11.1. The lowest BCUT2D eigenvalue weighted by Gasteiger charge is -2.05. The Balaban J connectivity index is 2.41. The van der Waals surface area contributed by atoms with Crippen molar-refractivity contribution in [2.24, 2.45) is 0 Å². The number of anilines is 2. The number of rotatable bonds is 4. The van der Waals surface area contributed by atoms with Crippen LogP contribution in [-0.4, -0.2) is 38.0 Å². The van der Waals surface area contributed by atoms with Gasteiger partial charge in [0.1, 0.15) is 6.54 Å². The van der Waals surface area contributed by atoms with Gasteiger partial charge < -0.3 is 20.4 Å². The van der Waals surface area contributed by atoms with Crippen LogP contribution in [0.1, 0.15) is 13.8 Å². The molecule has 1 amide bonds. The first kappa shape index (κ1) is 13.7. The lowest BCUT2D eigenvalue weighted by molar-refractivity contribution is -0.143. The molecule has 0 aliphatic rings. The molecule has 106 valence electrons. The lowest BCUT2D eigenvalue weighted by atomic mass is 10.4. The van der Waals surface area contributed by atoms with Crippen LogP contribution in [0.5, 0.6) is 0 Å². The van der Waals surface area contributed by atoms with E-state index < -0.39 is 5.97 Å². The normalized spacial score (nSPS) is 10.5. The van der Waals surface area contributed by atoms with Gasteiger partial charge in [0.2, 0.25) is 11.9 Å². The van der Waals surface area contributed by atoms with Crippen LogP contribution in [0.3, 0.4) is 0 Å². The summed E-state index contributed by atoms with van der Waals surface area (Å²) >= 11 is 0. The molecule has 0 aliphatic heterocycles. The van der Waals surface area contributed by atoms with E-state index in [-0.39, 0.29) is 24.2 Å². The fourth-order valence-electron chi connectivity index (χ4n) is 1.68. The largest absolute Gasteiger partial charge is 0.465 e. The minimum Gasteiger partial charge on any atom is -0.465 e. The number of nitrogens with two attached hydrogens (primary N) is 1. The van der Waals surface area contributed by atoms with E-state index in [0.717, 1.165) is 0 Å². The Morgan fingerprint density at radius 3 is 2.85 bits per heavy atom. The molecule has 0 aromatic carbocycles. The zero-order chi connectivity index (χ0) is 14.7. The molecule has 3 N–H and O–H groups in total. The number of aromatic nitrogens is 4. The third kappa shape index (κ3) is 2.82. The summed E-state index contributed by atoms with van der Waals surface area (Å²) in [6.45, 7) is 3.32. The molecule has 0 saturated carbocycles. The van der Waals surface area contributed by atoms with Gasteiger partial charge in [0.05, 0.1) is 12.9 Å². The summed E-state index contributed by atoms with van der Waals surface area (Å²) in [4.78, 5) is 34.6. The first-order valence-electron chi connectivity index (χ1n) is 5.92. The summed E-state index contributed by atoms with van der Waals surface area (Å²) in [6.07, 6.45) is 1.42. The number of hydrogen-bond acceptors (Lipinski definition) is 7. The zero-order valence-corrected chi connectivity index (χ0v) is 11.1. The maximum absolute atomic E-state index is 11.5. The number of nitrogen functional groups attached to an aromatic ring is 1. The third-order valence-electron chi connectivity index (χ3n) is 2.38. The van der Waals surface area contributed by atoms with Crippen molar-refractivity contribution in [3.63, 3.8) is 0 Å². The number of hydrogen-bond donors (Lipinski definition) is 2. The van der Waals surface area contributed by atoms with E-state index >= 15 is 0 Å². The first-order valence-corrected chi connectivity index (χ1v) is 5.92. The highest BCUT2D eigenvalue weighted by Gasteiger charge is 2.15. The molecular weight excluding hydrogens is 264 g/mol. The van der Waals surface area contributed by atoms with Crippen LogP contribution in [-0.2, 0) is 20.9 Å². The molecule has 2 rings (SSSR count). The Labute approximate surface area is 114 Å². The standard InChI is InChI=1S/C11H14N6O3/c1-3-20-7(19)4-17-5-13-8-9(14-6(2)18)15-11(12)16-10(8)17/h5H,3-4H2,1-2H3,(H3,12,14,15,16,18). The van der Waals surface area contributed by atoms with Crippen molar-refractivity contribution in [3.05, 3.63) is 6.33 Å². The molecule has 2 aromatic heterocycles. The molecule has 0 aliphatic carbocycles. The van der Waals surface area contributed by atoms with Gasteiger partial charge in [-0.15, -0.1) is 0 Å². The molecule has 0 fully saturated rings. The second kappa shape index (κ2) is 5.51. The topological polar surface area (TPSA) is 125 Å². The van der Waals surface area contributed by atoms with Crippen LogP contribution in [0, 0.1) is 0 Å². The minimum atomic E-state index is -0.412. The van der Waals surface area contributed by atoms with Crippen molar-refractivity contribution < 1.29 is 14.3 Å². The van der Waals surface area contributed by atoms with E-state index in [1.165, 1.54) is 17.8 Å². The van der Waals surface area contributed by atoms with Gasteiger partial charge in [-0.3, -0.25) is 9.59 Å². The Morgan fingerprint density at radius 1 is 1.45 bits per heavy atom. The van der Waals surface area contributed by atoms with Crippen molar-refractivity contribution in [2.45, 2.75) is 20.4 Å². The molecule has 2 aromatic rings. The minimum absolute atomic E-state index is 0.0214. The van der Waals surface area contributed by atoms with E-state index in [2.05, 4.69) is 20.3 Å². The molecule has 2 heterocycles. The quantitative estimate of drug-likeness (QED) is 0.750. The number of fused-ring (bicyclic) bond motifs is 1. The van der Waals surface area contributed by atoms with E-state index in [9.17, 15) is 9.59 Å². The predicted octanol–water partition coefficient (Wildman–Crippen LogP) is -0.0700. The fraction of sp³-hybridized carbons (Fsp3) is 0.364. The highest BCUT2D eigenvalue weighted by atomic mass is 16.5. The monoisotopic (exact) mass is 278 g/mol. The number of ether oxygens (including phenoxy) is 1. The van der Waals surface area contributed by atoms with Gasteiger partial charge >= 0.3 is 5.97 Å². The summed E-state index contributed by atoms with van der Waals surface area (Å²) in [6, 6.07) is 0. The van der Waals surface area contributed by atoms with Crippen molar-refractivity contribution in [3.8, 4) is 0 Å². The average Bonchev–Trinajstić information content (AvgIpc) is 2.72. The number of nitrogens with zero attached hydrogens (tertiary/aromatic N) is 4. The summed E-state index contributed by atoms with van der Waals surface area (Å²) in [5.74, 6) is -0.524. The maximum atomic E-state index is 11.5. The van der Waals surface area contributed by atoms with Crippen LogP contribution in [0.2, 0.25) is 0 Å². The summed E-state index contributed by atoms with van der Waals surface area (Å²) in [5, 5.41) is 2.52. The third-order valence-corrected chi connectivity index (χ3v) is 2.38.